The van der Waals surface area contributed by atoms with Gasteiger partial charge in [0.2, 0.25) is 0 Å². The maximum Gasteiger partial charge on any atom is 0.276 e. The van der Waals surface area contributed by atoms with E-state index in [1.807, 2.05) is 31.2 Å². The number of aryl methyl sites for hydroxylation is 1. The van der Waals surface area contributed by atoms with Gasteiger partial charge in [-0.05, 0) is 31.4 Å². The third-order valence-electron chi connectivity index (χ3n) is 4.42. The number of aromatic nitrogens is 2. The summed E-state index contributed by atoms with van der Waals surface area (Å²) in [5, 5.41) is 5.81. The zero-order chi connectivity index (χ0) is 16.9. The van der Waals surface area contributed by atoms with Crippen LogP contribution in [0.2, 0.25) is 0 Å². The number of aromatic amines is 1. The number of benzene rings is 1. The van der Waals surface area contributed by atoms with Crippen LogP contribution in [-0.2, 0) is 0 Å². The number of rotatable bonds is 4. The number of imidazole rings is 1. The van der Waals surface area contributed by atoms with Gasteiger partial charge in [0.1, 0.15) is 5.69 Å². The highest BCUT2D eigenvalue weighted by Crippen LogP contribution is 2.18. The molecule has 0 aliphatic heterocycles. The molecule has 1 aromatic heterocycles. The molecule has 6 nitrogen and oxygen atoms in total. The van der Waals surface area contributed by atoms with E-state index in [0.717, 1.165) is 31.2 Å². The molecule has 0 radical (unpaired) electrons. The fraction of sp³-hybridized carbons (Fsp3) is 0.389. The molecule has 1 aromatic carbocycles. The summed E-state index contributed by atoms with van der Waals surface area (Å²) < 4.78 is 0. The Balaban J connectivity index is 1.71. The number of carbonyl (C=O) groups excluding carboxylic acids is 2. The summed E-state index contributed by atoms with van der Waals surface area (Å²) in [6.07, 6.45) is 6.85. The van der Waals surface area contributed by atoms with Crippen LogP contribution in [0.3, 0.4) is 0 Å². The second kappa shape index (κ2) is 7.29. The van der Waals surface area contributed by atoms with E-state index in [-0.39, 0.29) is 29.2 Å². The SMILES string of the molecule is Cc1ccccc1NC(=O)c1nc[nH]c1C(=O)NC1CCCCC1. The molecule has 1 aliphatic carbocycles. The van der Waals surface area contributed by atoms with E-state index in [0.29, 0.717) is 5.69 Å². The number of anilines is 1. The molecule has 1 aliphatic rings. The summed E-state index contributed by atoms with van der Waals surface area (Å²) in [6.45, 7) is 1.91. The Bertz CT molecular complexity index is 732. The van der Waals surface area contributed by atoms with Gasteiger partial charge >= 0.3 is 0 Å². The maximum absolute atomic E-state index is 12.5. The van der Waals surface area contributed by atoms with Crippen molar-refractivity contribution in [1.29, 1.82) is 0 Å². The van der Waals surface area contributed by atoms with Gasteiger partial charge < -0.3 is 15.6 Å². The van der Waals surface area contributed by atoms with Crippen molar-refractivity contribution in [1.82, 2.24) is 15.3 Å². The second-order valence-electron chi connectivity index (χ2n) is 6.20. The zero-order valence-corrected chi connectivity index (χ0v) is 13.8. The summed E-state index contributed by atoms with van der Waals surface area (Å²) in [6, 6.07) is 7.67. The number of carbonyl (C=O) groups is 2. The molecule has 1 fully saturated rings. The summed E-state index contributed by atoms with van der Waals surface area (Å²) in [7, 11) is 0. The predicted octanol–water partition coefficient (Wildman–Crippen LogP) is 3.03. The second-order valence-corrected chi connectivity index (χ2v) is 6.20. The molecule has 126 valence electrons. The van der Waals surface area contributed by atoms with Crippen LogP contribution in [0, 0.1) is 6.92 Å². The molecule has 1 saturated carbocycles. The van der Waals surface area contributed by atoms with Crippen molar-refractivity contribution in [3.63, 3.8) is 0 Å². The van der Waals surface area contributed by atoms with Gasteiger partial charge in [-0.3, -0.25) is 9.59 Å². The van der Waals surface area contributed by atoms with E-state index < -0.39 is 0 Å². The van der Waals surface area contributed by atoms with Gasteiger partial charge in [0.15, 0.2) is 5.69 Å². The highest BCUT2D eigenvalue weighted by Gasteiger charge is 2.23. The van der Waals surface area contributed by atoms with Gasteiger partial charge in [-0.25, -0.2) is 4.98 Å². The van der Waals surface area contributed by atoms with E-state index in [9.17, 15) is 9.59 Å². The Labute approximate surface area is 141 Å². The lowest BCUT2D eigenvalue weighted by molar-refractivity contribution is 0.0912. The predicted molar refractivity (Wildman–Crippen MR) is 92.1 cm³/mol. The van der Waals surface area contributed by atoms with Gasteiger partial charge in [-0.2, -0.15) is 0 Å². The van der Waals surface area contributed by atoms with Gasteiger partial charge in [0.05, 0.1) is 6.33 Å². The lowest BCUT2D eigenvalue weighted by Gasteiger charge is -2.22. The Morgan fingerprint density at radius 2 is 1.88 bits per heavy atom. The number of nitrogens with zero attached hydrogens (tertiary/aromatic N) is 1. The fourth-order valence-electron chi connectivity index (χ4n) is 3.04. The fourth-order valence-corrected chi connectivity index (χ4v) is 3.04. The number of hydrogen-bond donors (Lipinski definition) is 3. The number of H-pyrrole nitrogens is 1. The van der Waals surface area contributed by atoms with Crippen LogP contribution in [0.4, 0.5) is 5.69 Å². The van der Waals surface area contributed by atoms with E-state index in [1.165, 1.54) is 12.7 Å². The quantitative estimate of drug-likeness (QED) is 0.807. The Morgan fingerprint density at radius 1 is 1.12 bits per heavy atom. The molecular formula is C18H22N4O2. The molecular weight excluding hydrogens is 304 g/mol. The summed E-state index contributed by atoms with van der Waals surface area (Å²) in [4.78, 5) is 31.7. The largest absolute Gasteiger partial charge is 0.348 e. The minimum atomic E-state index is -0.389. The van der Waals surface area contributed by atoms with Gasteiger partial charge in [0, 0.05) is 11.7 Å². The lowest BCUT2D eigenvalue weighted by Crippen LogP contribution is -2.37. The Morgan fingerprint density at radius 3 is 2.62 bits per heavy atom. The first kappa shape index (κ1) is 16.2. The Kier molecular flexibility index (Phi) is 4.93. The van der Waals surface area contributed by atoms with Gasteiger partial charge in [-0.1, -0.05) is 37.5 Å². The molecule has 0 unspecified atom stereocenters. The van der Waals surface area contributed by atoms with E-state index in [1.54, 1.807) is 0 Å². The first-order valence-corrected chi connectivity index (χ1v) is 8.36. The molecule has 0 atom stereocenters. The number of amides is 2. The minimum absolute atomic E-state index is 0.117. The highest BCUT2D eigenvalue weighted by molar-refractivity contribution is 6.10. The van der Waals surface area contributed by atoms with E-state index in [2.05, 4.69) is 20.6 Å². The summed E-state index contributed by atoms with van der Waals surface area (Å²) in [5.74, 6) is -0.659. The first-order chi connectivity index (χ1) is 11.6. The minimum Gasteiger partial charge on any atom is -0.348 e. The van der Waals surface area contributed by atoms with Crippen molar-refractivity contribution in [2.75, 3.05) is 5.32 Å². The van der Waals surface area contributed by atoms with E-state index in [4.69, 9.17) is 0 Å². The molecule has 2 amide bonds. The van der Waals surface area contributed by atoms with Crippen molar-refractivity contribution in [3.8, 4) is 0 Å². The molecule has 0 saturated heterocycles. The summed E-state index contributed by atoms with van der Waals surface area (Å²) in [5.41, 5.74) is 2.00. The van der Waals surface area contributed by atoms with Crippen LogP contribution in [-0.4, -0.2) is 27.8 Å². The molecule has 3 N–H and O–H groups in total. The van der Waals surface area contributed by atoms with Crippen LogP contribution < -0.4 is 10.6 Å². The topological polar surface area (TPSA) is 86.9 Å². The van der Waals surface area contributed by atoms with Crippen molar-refractivity contribution in [3.05, 3.63) is 47.5 Å². The zero-order valence-electron chi connectivity index (χ0n) is 13.8. The van der Waals surface area contributed by atoms with Crippen molar-refractivity contribution >= 4 is 17.5 Å². The smallest absolute Gasteiger partial charge is 0.276 e. The maximum atomic E-state index is 12.5. The van der Waals surface area contributed by atoms with Crippen molar-refractivity contribution in [2.24, 2.45) is 0 Å². The number of para-hydroxylation sites is 1. The van der Waals surface area contributed by atoms with Crippen LogP contribution in [0.25, 0.3) is 0 Å². The molecule has 24 heavy (non-hydrogen) atoms. The average molecular weight is 326 g/mol. The molecule has 2 aromatic rings. The van der Waals surface area contributed by atoms with E-state index >= 15 is 0 Å². The standard InChI is InChI=1S/C18H22N4O2/c1-12-7-5-6-10-14(12)22-18(24)16-15(19-11-20-16)17(23)21-13-8-3-2-4-9-13/h5-7,10-11,13H,2-4,8-9H2,1H3,(H,19,20)(H,21,23)(H,22,24). The first-order valence-electron chi connectivity index (χ1n) is 8.36. The third-order valence-corrected chi connectivity index (χ3v) is 4.42. The number of hydrogen-bond acceptors (Lipinski definition) is 3. The third kappa shape index (κ3) is 3.64. The van der Waals surface area contributed by atoms with Crippen LogP contribution in [0.5, 0.6) is 0 Å². The van der Waals surface area contributed by atoms with Crippen LogP contribution >= 0.6 is 0 Å². The highest BCUT2D eigenvalue weighted by atomic mass is 16.2. The molecule has 0 spiro atoms. The Hall–Kier alpha value is -2.63. The molecule has 6 heteroatoms. The molecule has 1 heterocycles. The number of nitrogens with one attached hydrogen (secondary N) is 3. The molecule has 0 bridgehead atoms. The monoisotopic (exact) mass is 326 g/mol. The van der Waals surface area contributed by atoms with Crippen molar-refractivity contribution in [2.45, 2.75) is 45.1 Å². The van der Waals surface area contributed by atoms with Crippen molar-refractivity contribution < 1.29 is 9.59 Å². The average Bonchev–Trinajstić information content (AvgIpc) is 3.08. The van der Waals surface area contributed by atoms with Crippen LogP contribution in [0.15, 0.2) is 30.6 Å². The molecule has 3 rings (SSSR count). The van der Waals surface area contributed by atoms with Gasteiger partial charge in [0.25, 0.3) is 11.8 Å². The van der Waals surface area contributed by atoms with Gasteiger partial charge in [-0.15, -0.1) is 0 Å². The summed E-state index contributed by atoms with van der Waals surface area (Å²) >= 11 is 0. The lowest BCUT2D eigenvalue weighted by atomic mass is 9.95. The van der Waals surface area contributed by atoms with Crippen LogP contribution in [0.1, 0.15) is 58.6 Å². The normalized spacial score (nSPS) is 15.0.